The topological polar surface area (TPSA) is 82.8 Å². The lowest BCUT2D eigenvalue weighted by atomic mass is 9.90. The van der Waals surface area contributed by atoms with Crippen LogP contribution in [0.3, 0.4) is 0 Å². The highest BCUT2D eigenvalue weighted by Gasteiger charge is 2.35. The molecule has 0 radical (unpaired) electrons. The predicted octanol–water partition coefficient (Wildman–Crippen LogP) is 1.69. The van der Waals surface area contributed by atoms with Gasteiger partial charge in [0.25, 0.3) is 0 Å². The molecule has 0 saturated carbocycles. The van der Waals surface area contributed by atoms with Crippen molar-refractivity contribution in [3.8, 4) is 0 Å². The van der Waals surface area contributed by atoms with Crippen molar-refractivity contribution in [3.63, 3.8) is 0 Å². The molecule has 1 amide bonds. The third-order valence-corrected chi connectivity index (χ3v) is 3.87. The lowest BCUT2D eigenvalue weighted by molar-refractivity contribution is -0.124. The fourth-order valence-corrected chi connectivity index (χ4v) is 2.41. The van der Waals surface area contributed by atoms with Crippen LogP contribution in [-0.2, 0) is 25.6 Å². The Bertz CT molecular complexity index is 501. The summed E-state index contributed by atoms with van der Waals surface area (Å²) in [4.78, 5) is 12.4. The summed E-state index contributed by atoms with van der Waals surface area (Å²) in [6.07, 6.45) is 1.08. The second-order valence-electron chi connectivity index (χ2n) is 5.67. The van der Waals surface area contributed by atoms with E-state index in [4.69, 9.17) is 19.9 Å². The van der Waals surface area contributed by atoms with Crippen LogP contribution >= 0.6 is 0 Å². The largest absolute Gasteiger partial charge is 0.381 e. The predicted molar refractivity (Wildman–Crippen MR) is 88.2 cm³/mol. The molecule has 6 heteroatoms. The number of ether oxygens (including phenoxy) is 3. The molecule has 0 bridgehead atoms. The minimum atomic E-state index is -0.845. The molecule has 1 heterocycles. The van der Waals surface area contributed by atoms with Crippen molar-refractivity contribution in [2.45, 2.75) is 31.9 Å². The van der Waals surface area contributed by atoms with Gasteiger partial charge in [0.2, 0.25) is 5.91 Å². The molecule has 1 aromatic carbocycles. The van der Waals surface area contributed by atoms with Crippen LogP contribution in [0.1, 0.15) is 25.3 Å². The Morgan fingerprint density at radius 2 is 2.04 bits per heavy atom. The van der Waals surface area contributed by atoms with Gasteiger partial charge in [-0.1, -0.05) is 12.1 Å². The highest BCUT2D eigenvalue weighted by molar-refractivity contribution is 5.98. The van der Waals surface area contributed by atoms with Gasteiger partial charge in [0.05, 0.1) is 19.8 Å². The summed E-state index contributed by atoms with van der Waals surface area (Å²) >= 11 is 0. The number of hydrogen-bond donors (Lipinski definition) is 2. The van der Waals surface area contributed by atoms with E-state index in [1.54, 1.807) is 0 Å². The lowest BCUT2D eigenvalue weighted by Crippen LogP contribution is -2.54. The molecule has 128 valence electrons. The van der Waals surface area contributed by atoms with Gasteiger partial charge in [0.1, 0.15) is 5.54 Å². The number of nitrogens with one attached hydrogen (secondary N) is 1. The zero-order valence-electron chi connectivity index (χ0n) is 13.7. The molecule has 0 aromatic heterocycles. The summed E-state index contributed by atoms with van der Waals surface area (Å²) in [5, 5.41) is 2.90. The number of rotatable bonds is 8. The normalized spacial score (nSPS) is 17.0. The first-order valence-electron chi connectivity index (χ1n) is 8.06. The van der Waals surface area contributed by atoms with E-state index in [0.717, 1.165) is 11.3 Å². The first-order valence-corrected chi connectivity index (χ1v) is 8.06. The van der Waals surface area contributed by atoms with Gasteiger partial charge in [-0.05, 0) is 37.5 Å². The number of carbonyl (C=O) groups excluding carboxylic acids is 1. The maximum Gasteiger partial charge on any atom is 0.244 e. The van der Waals surface area contributed by atoms with Gasteiger partial charge in [-0.15, -0.1) is 0 Å². The average Bonchev–Trinajstić information content (AvgIpc) is 2.56. The first kappa shape index (κ1) is 17.9. The van der Waals surface area contributed by atoms with Crippen molar-refractivity contribution < 1.29 is 19.0 Å². The Morgan fingerprint density at radius 1 is 1.30 bits per heavy atom. The van der Waals surface area contributed by atoms with Gasteiger partial charge in [-0.25, -0.2) is 0 Å². The highest BCUT2D eigenvalue weighted by atomic mass is 16.5. The second-order valence-corrected chi connectivity index (χ2v) is 5.67. The Hall–Kier alpha value is -1.47. The van der Waals surface area contributed by atoms with Crippen molar-refractivity contribution in [1.29, 1.82) is 0 Å². The molecule has 2 rings (SSSR count). The van der Waals surface area contributed by atoms with E-state index in [1.165, 1.54) is 0 Å². The van der Waals surface area contributed by atoms with Crippen molar-refractivity contribution in [3.05, 3.63) is 29.8 Å². The molecule has 1 saturated heterocycles. The van der Waals surface area contributed by atoms with Crippen molar-refractivity contribution in [2.24, 2.45) is 5.73 Å². The van der Waals surface area contributed by atoms with Gasteiger partial charge in [-0.3, -0.25) is 4.79 Å². The van der Waals surface area contributed by atoms with Crippen LogP contribution in [0.25, 0.3) is 0 Å². The van der Waals surface area contributed by atoms with Gasteiger partial charge in [0, 0.05) is 25.5 Å². The summed E-state index contributed by atoms with van der Waals surface area (Å²) in [6.45, 7) is 5.32. The summed E-state index contributed by atoms with van der Waals surface area (Å²) in [6, 6.07) is 7.61. The van der Waals surface area contributed by atoms with Crippen molar-refractivity contribution in [2.75, 3.05) is 38.4 Å². The Labute approximate surface area is 137 Å². The van der Waals surface area contributed by atoms with E-state index < -0.39 is 5.54 Å². The minimum Gasteiger partial charge on any atom is -0.381 e. The maximum absolute atomic E-state index is 12.4. The first-order chi connectivity index (χ1) is 11.1. The number of anilines is 1. The van der Waals surface area contributed by atoms with Crippen molar-refractivity contribution >= 4 is 11.6 Å². The number of amides is 1. The maximum atomic E-state index is 12.4. The van der Waals surface area contributed by atoms with Gasteiger partial charge >= 0.3 is 0 Å². The minimum absolute atomic E-state index is 0.157. The standard InChI is InChI=1S/C17H26N2O4/c1-2-21-10-11-23-13-14-4-3-5-15(12-14)19-16(20)17(18)6-8-22-9-7-17/h3-5,12H,2,6-11,13,18H2,1H3,(H,19,20). The molecule has 0 unspecified atom stereocenters. The molecule has 23 heavy (non-hydrogen) atoms. The Kier molecular flexibility index (Phi) is 6.98. The fraction of sp³-hybridized carbons (Fsp3) is 0.588. The second kappa shape index (κ2) is 8.98. The smallest absolute Gasteiger partial charge is 0.244 e. The lowest BCUT2D eigenvalue weighted by Gasteiger charge is -2.31. The zero-order valence-corrected chi connectivity index (χ0v) is 13.7. The van der Waals surface area contributed by atoms with E-state index in [-0.39, 0.29) is 5.91 Å². The van der Waals surface area contributed by atoms with Crippen LogP contribution in [0.4, 0.5) is 5.69 Å². The molecule has 0 aliphatic carbocycles. The molecular weight excluding hydrogens is 296 g/mol. The molecule has 1 fully saturated rings. The van der Waals surface area contributed by atoms with E-state index in [9.17, 15) is 4.79 Å². The van der Waals surface area contributed by atoms with Gasteiger partial charge < -0.3 is 25.3 Å². The van der Waals surface area contributed by atoms with E-state index in [2.05, 4.69) is 5.32 Å². The molecule has 0 spiro atoms. The van der Waals surface area contributed by atoms with E-state index in [1.807, 2.05) is 31.2 Å². The molecule has 6 nitrogen and oxygen atoms in total. The van der Waals surface area contributed by atoms with Crippen LogP contribution in [0.15, 0.2) is 24.3 Å². The number of nitrogens with two attached hydrogens (primary N) is 1. The SMILES string of the molecule is CCOCCOCc1cccc(NC(=O)C2(N)CCOCC2)c1. The van der Waals surface area contributed by atoms with E-state index >= 15 is 0 Å². The van der Waals surface area contributed by atoms with Crippen molar-refractivity contribution in [1.82, 2.24) is 0 Å². The molecule has 1 aliphatic rings. The molecule has 0 atom stereocenters. The van der Waals surface area contributed by atoms with Crippen LogP contribution in [-0.4, -0.2) is 44.5 Å². The highest BCUT2D eigenvalue weighted by Crippen LogP contribution is 2.20. The summed E-state index contributed by atoms with van der Waals surface area (Å²) in [5.74, 6) is -0.157. The molecule has 3 N–H and O–H groups in total. The number of benzene rings is 1. The summed E-state index contributed by atoms with van der Waals surface area (Å²) < 4.78 is 16.0. The fourth-order valence-electron chi connectivity index (χ4n) is 2.41. The summed E-state index contributed by atoms with van der Waals surface area (Å²) in [5.41, 5.74) is 7.07. The van der Waals surface area contributed by atoms with Gasteiger partial charge in [0.15, 0.2) is 0 Å². The molecular formula is C17H26N2O4. The number of hydrogen-bond acceptors (Lipinski definition) is 5. The monoisotopic (exact) mass is 322 g/mol. The van der Waals surface area contributed by atoms with Crippen LogP contribution in [0, 0.1) is 0 Å². The third kappa shape index (κ3) is 5.58. The third-order valence-electron chi connectivity index (χ3n) is 3.87. The molecule has 1 aliphatic heterocycles. The van der Waals surface area contributed by atoms with Crippen LogP contribution in [0.5, 0.6) is 0 Å². The Morgan fingerprint density at radius 3 is 2.78 bits per heavy atom. The quantitative estimate of drug-likeness (QED) is 0.712. The van der Waals surface area contributed by atoms with E-state index in [0.29, 0.717) is 52.5 Å². The zero-order chi connectivity index (χ0) is 16.5. The number of carbonyl (C=O) groups is 1. The van der Waals surface area contributed by atoms with Gasteiger partial charge in [-0.2, -0.15) is 0 Å². The molecule has 1 aromatic rings. The Balaban J connectivity index is 1.85. The van der Waals surface area contributed by atoms with Crippen LogP contribution < -0.4 is 11.1 Å². The summed E-state index contributed by atoms with van der Waals surface area (Å²) in [7, 11) is 0. The van der Waals surface area contributed by atoms with Crippen LogP contribution in [0.2, 0.25) is 0 Å². The average molecular weight is 322 g/mol.